The van der Waals surface area contributed by atoms with E-state index < -0.39 is 0 Å². The van der Waals surface area contributed by atoms with Crippen molar-refractivity contribution in [2.24, 2.45) is 0 Å². The summed E-state index contributed by atoms with van der Waals surface area (Å²) in [6, 6.07) is 2.25. The summed E-state index contributed by atoms with van der Waals surface area (Å²) in [5, 5.41) is 13.1. The van der Waals surface area contributed by atoms with Gasteiger partial charge in [-0.2, -0.15) is 10.4 Å². The van der Waals surface area contributed by atoms with Crippen LogP contribution in [0.25, 0.3) is 0 Å². The van der Waals surface area contributed by atoms with E-state index in [1.165, 1.54) is 0 Å². The van der Waals surface area contributed by atoms with E-state index in [9.17, 15) is 0 Å². The Labute approximate surface area is 83.7 Å². The molecule has 0 N–H and O–H groups in total. The maximum absolute atomic E-state index is 8.81. The van der Waals surface area contributed by atoms with Gasteiger partial charge in [0.2, 0.25) is 0 Å². The van der Waals surface area contributed by atoms with E-state index in [1.807, 2.05) is 24.0 Å². The molecule has 0 aliphatic carbocycles. The van der Waals surface area contributed by atoms with Gasteiger partial charge in [-0.15, -0.1) is 0 Å². The lowest BCUT2D eigenvalue weighted by Gasteiger charge is -2.47. The fourth-order valence-electron chi connectivity index (χ4n) is 2.12. The Morgan fingerprint density at radius 3 is 2.79 bits per heavy atom. The molecule has 1 aliphatic heterocycles. The van der Waals surface area contributed by atoms with Gasteiger partial charge in [-0.1, -0.05) is 0 Å². The number of nitriles is 1. The van der Waals surface area contributed by atoms with E-state index >= 15 is 0 Å². The number of likely N-dealkylation sites (tertiary alicyclic amines) is 1. The van der Waals surface area contributed by atoms with Crippen molar-refractivity contribution in [1.82, 2.24) is 14.7 Å². The van der Waals surface area contributed by atoms with Gasteiger partial charge in [-0.25, -0.2) is 0 Å². The zero-order valence-corrected chi connectivity index (χ0v) is 8.56. The largest absolute Gasteiger partial charge is 0.301 e. The molecule has 1 aromatic rings. The Kier molecular flexibility index (Phi) is 2.05. The lowest BCUT2D eigenvalue weighted by molar-refractivity contribution is 0.0264. The normalized spacial score (nSPS) is 20.1. The predicted molar refractivity (Wildman–Crippen MR) is 52.7 cm³/mol. The van der Waals surface area contributed by atoms with Crippen molar-refractivity contribution in [1.29, 1.82) is 5.26 Å². The zero-order valence-electron chi connectivity index (χ0n) is 8.56. The molecule has 2 rings (SSSR count). The molecule has 0 bridgehead atoms. The van der Waals surface area contributed by atoms with E-state index in [2.05, 4.69) is 23.1 Å². The van der Waals surface area contributed by atoms with Gasteiger partial charge in [0.25, 0.3) is 0 Å². The molecule has 0 aromatic carbocycles. The molecule has 0 unspecified atom stereocenters. The quantitative estimate of drug-likeness (QED) is 0.691. The summed E-state index contributed by atoms with van der Waals surface area (Å²) in [7, 11) is 2.06. The maximum atomic E-state index is 8.81. The first-order chi connectivity index (χ1) is 6.66. The number of hydrogen-bond acceptors (Lipinski definition) is 3. The van der Waals surface area contributed by atoms with E-state index in [-0.39, 0.29) is 5.54 Å². The molecule has 0 amide bonds. The van der Waals surface area contributed by atoms with E-state index in [0.717, 1.165) is 18.7 Å². The highest BCUT2D eigenvalue weighted by Crippen LogP contribution is 2.30. The van der Waals surface area contributed by atoms with Crippen LogP contribution in [0.4, 0.5) is 0 Å². The summed E-state index contributed by atoms with van der Waals surface area (Å²) in [6.45, 7) is 3.86. The minimum Gasteiger partial charge on any atom is -0.301 e. The highest BCUT2D eigenvalue weighted by Gasteiger charge is 2.43. The van der Waals surface area contributed by atoms with E-state index in [4.69, 9.17) is 5.26 Å². The van der Waals surface area contributed by atoms with E-state index in [0.29, 0.717) is 6.42 Å². The maximum Gasteiger partial charge on any atom is 0.101 e. The molecule has 4 heteroatoms. The number of aromatic nitrogens is 2. The first kappa shape index (κ1) is 9.22. The van der Waals surface area contributed by atoms with Gasteiger partial charge < -0.3 is 4.90 Å². The second-order valence-electron chi connectivity index (χ2n) is 4.19. The molecule has 1 aromatic heterocycles. The van der Waals surface area contributed by atoms with Crippen molar-refractivity contribution in [3.63, 3.8) is 0 Å². The number of likely N-dealkylation sites (N-methyl/N-ethyl adjacent to an activating group) is 1. The van der Waals surface area contributed by atoms with Crippen LogP contribution in [0.2, 0.25) is 0 Å². The summed E-state index contributed by atoms with van der Waals surface area (Å²) in [4.78, 5) is 2.20. The molecule has 0 radical (unpaired) electrons. The van der Waals surface area contributed by atoms with Crippen LogP contribution in [-0.2, 0) is 5.54 Å². The Bertz CT molecular complexity index is 368. The number of hydrogen-bond donors (Lipinski definition) is 0. The third-order valence-corrected chi connectivity index (χ3v) is 2.73. The first-order valence-corrected chi connectivity index (χ1v) is 4.73. The van der Waals surface area contributed by atoms with Crippen molar-refractivity contribution < 1.29 is 0 Å². The lowest BCUT2D eigenvalue weighted by atomic mass is 9.87. The van der Waals surface area contributed by atoms with Crippen LogP contribution in [-0.4, -0.2) is 34.8 Å². The molecule has 2 heterocycles. The molecule has 0 saturated carbocycles. The molecule has 14 heavy (non-hydrogen) atoms. The smallest absolute Gasteiger partial charge is 0.101 e. The third kappa shape index (κ3) is 1.30. The van der Waals surface area contributed by atoms with Gasteiger partial charge in [-0.3, -0.25) is 4.68 Å². The summed E-state index contributed by atoms with van der Waals surface area (Å²) in [5.41, 5.74) is 1.08. The van der Waals surface area contributed by atoms with Crippen molar-refractivity contribution in [2.75, 3.05) is 20.1 Å². The predicted octanol–water partition coefficient (Wildman–Crippen LogP) is 0.746. The minimum absolute atomic E-state index is 0.0717. The highest BCUT2D eigenvalue weighted by atomic mass is 15.4. The van der Waals surface area contributed by atoms with Gasteiger partial charge in [0.1, 0.15) is 5.54 Å². The van der Waals surface area contributed by atoms with Gasteiger partial charge in [0.05, 0.1) is 18.7 Å². The Morgan fingerprint density at radius 1 is 1.64 bits per heavy atom. The highest BCUT2D eigenvalue weighted by molar-refractivity contribution is 5.09. The van der Waals surface area contributed by atoms with Crippen LogP contribution in [0.3, 0.4) is 0 Å². The van der Waals surface area contributed by atoms with E-state index in [1.54, 1.807) is 0 Å². The van der Waals surface area contributed by atoms with Crippen LogP contribution < -0.4 is 0 Å². The van der Waals surface area contributed by atoms with Gasteiger partial charge in [0.15, 0.2) is 0 Å². The second-order valence-corrected chi connectivity index (χ2v) is 4.19. The number of rotatable bonds is 2. The molecule has 0 atom stereocenters. The van der Waals surface area contributed by atoms with Crippen molar-refractivity contribution in [3.8, 4) is 6.07 Å². The Hall–Kier alpha value is -1.34. The molecule has 4 nitrogen and oxygen atoms in total. The van der Waals surface area contributed by atoms with Crippen LogP contribution in [0.15, 0.2) is 12.4 Å². The standard InChI is InChI=1S/C10H14N4/c1-9-5-12-14(6-9)10(3-4-11)7-13(2)8-10/h5-6H,3,7-8H2,1-2H3. The van der Waals surface area contributed by atoms with Gasteiger partial charge in [0, 0.05) is 19.3 Å². The summed E-state index contributed by atoms with van der Waals surface area (Å²) >= 11 is 0. The monoisotopic (exact) mass is 190 g/mol. The molecule has 74 valence electrons. The average Bonchev–Trinajstić information content (AvgIpc) is 2.49. The third-order valence-electron chi connectivity index (χ3n) is 2.73. The fraction of sp³-hybridized carbons (Fsp3) is 0.600. The first-order valence-electron chi connectivity index (χ1n) is 4.73. The molecule has 1 aliphatic rings. The molecular formula is C10H14N4. The van der Waals surface area contributed by atoms with Crippen molar-refractivity contribution in [2.45, 2.75) is 18.9 Å². The zero-order chi connectivity index (χ0) is 10.2. The van der Waals surface area contributed by atoms with Crippen LogP contribution >= 0.6 is 0 Å². The van der Waals surface area contributed by atoms with Crippen molar-refractivity contribution >= 4 is 0 Å². The van der Waals surface area contributed by atoms with Gasteiger partial charge in [-0.05, 0) is 19.5 Å². The molecule has 1 saturated heterocycles. The topological polar surface area (TPSA) is 44.9 Å². The second kappa shape index (κ2) is 3.10. The molecular weight excluding hydrogens is 176 g/mol. The summed E-state index contributed by atoms with van der Waals surface area (Å²) < 4.78 is 1.95. The van der Waals surface area contributed by atoms with Crippen LogP contribution in [0.5, 0.6) is 0 Å². The lowest BCUT2D eigenvalue weighted by Crippen LogP contribution is -2.61. The fourth-order valence-corrected chi connectivity index (χ4v) is 2.12. The SMILES string of the molecule is Cc1cnn(C2(CC#N)CN(C)C2)c1. The van der Waals surface area contributed by atoms with Gasteiger partial charge >= 0.3 is 0 Å². The molecule has 1 fully saturated rings. The minimum atomic E-state index is -0.0717. The summed E-state index contributed by atoms with van der Waals surface area (Å²) in [5.74, 6) is 0. The van der Waals surface area contributed by atoms with Crippen LogP contribution in [0.1, 0.15) is 12.0 Å². The Balaban J connectivity index is 2.25. The molecule has 0 spiro atoms. The van der Waals surface area contributed by atoms with Crippen molar-refractivity contribution in [3.05, 3.63) is 18.0 Å². The Morgan fingerprint density at radius 2 is 2.36 bits per heavy atom. The number of aryl methyl sites for hydroxylation is 1. The summed E-state index contributed by atoms with van der Waals surface area (Å²) in [6.07, 6.45) is 4.40. The average molecular weight is 190 g/mol. The number of nitrogens with zero attached hydrogens (tertiary/aromatic N) is 4. The van der Waals surface area contributed by atoms with Crippen LogP contribution in [0, 0.1) is 18.3 Å².